The van der Waals surface area contributed by atoms with Crippen LogP contribution in [0.15, 0.2) is 36.4 Å². The van der Waals surface area contributed by atoms with Gasteiger partial charge in [-0.3, -0.25) is 0 Å². The highest BCUT2D eigenvalue weighted by molar-refractivity contribution is 5.36. The minimum atomic E-state index is -0.601. The summed E-state index contributed by atoms with van der Waals surface area (Å²) < 4.78 is 5.77. The highest BCUT2D eigenvalue weighted by Crippen LogP contribution is 2.23. The van der Waals surface area contributed by atoms with Crippen LogP contribution in [0.2, 0.25) is 0 Å². The maximum atomic E-state index is 10.3. The van der Waals surface area contributed by atoms with Gasteiger partial charge in [-0.05, 0) is 56.0 Å². The van der Waals surface area contributed by atoms with Gasteiger partial charge in [-0.2, -0.15) is 0 Å². The van der Waals surface area contributed by atoms with E-state index in [1.165, 1.54) is 5.56 Å². The Bertz CT molecular complexity index is 602. The van der Waals surface area contributed by atoms with E-state index >= 15 is 0 Å². The van der Waals surface area contributed by atoms with E-state index in [1.54, 1.807) is 0 Å². The molecule has 20 heavy (non-hydrogen) atoms. The zero-order valence-electron chi connectivity index (χ0n) is 12.6. The van der Waals surface area contributed by atoms with Gasteiger partial charge in [-0.15, -0.1) is 0 Å². The maximum absolute atomic E-state index is 10.3. The van der Waals surface area contributed by atoms with Crippen LogP contribution in [0.4, 0.5) is 0 Å². The van der Waals surface area contributed by atoms with E-state index in [9.17, 15) is 5.11 Å². The Balaban J connectivity index is 2.08. The van der Waals surface area contributed by atoms with Crippen LogP contribution >= 0.6 is 0 Å². The van der Waals surface area contributed by atoms with Gasteiger partial charge in [0.1, 0.15) is 18.5 Å². The molecule has 2 heteroatoms. The molecule has 2 aromatic carbocycles. The van der Waals surface area contributed by atoms with E-state index in [1.807, 2.05) is 45.0 Å². The smallest absolute Gasteiger partial charge is 0.122 e. The van der Waals surface area contributed by atoms with E-state index < -0.39 is 6.10 Å². The highest BCUT2D eigenvalue weighted by atomic mass is 16.5. The number of hydrogen-bond donors (Lipinski definition) is 1. The van der Waals surface area contributed by atoms with Crippen molar-refractivity contribution in [2.75, 3.05) is 6.61 Å². The van der Waals surface area contributed by atoms with Crippen molar-refractivity contribution in [2.24, 2.45) is 0 Å². The standard InChI is InChI=1S/C18H22O2/c1-12-6-8-16(15(4)9-12)17(19)11-20-18-10-13(2)5-7-14(18)3/h5-10,17,19H,11H2,1-4H3. The first-order chi connectivity index (χ1) is 9.47. The van der Waals surface area contributed by atoms with Crippen molar-refractivity contribution in [1.82, 2.24) is 0 Å². The van der Waals surface area contributed by atoms with Crippen molar-refractivity contribution >= 4 is 0 Å². The molecule has 106 valence electrons. The minimum Gasteiger partial charge on any atom is -0.490 e. The van der Waals surface area contributed by atoms with Crippen molar-refractivity contribution < 1.29 is 9.84 Å². The summed E-state index contributed by atoms with van der Waals surface area (Å²) in [6.45, 7) is 8.39. The second-order valence-electron chi connectivity index (χ2n) is 5.46. The second kappa shape index (κ2) is 6.10. The summed E-state index contributed by atoms with van der Waals surface area (Å²) in [4.78, 5) is 0. The van der Waals surface area contributed by atoms with Gasteiger partial charge >= 0.3 is 0 Å². The van der Waals surface area contributed by atoms with Crippen molar-refractivity contribution in [3.8, 4) is 5.75 Å². The van der Waals surface area contributed by atoms with Crippen molar-refractivity contribution in [1.29, 1.82) is 0 Å². The summed E-state index contributed by atoms with van der Waals surface area (Å²) >= 11 is 0. The molecular weight excluding hydrogens is 248 g/mol. The van der Waals surface area contributed by atoms with Gasteiger partial charge in [0.15, 0.2) is 0 Å². The van der Waals surface area contributed by atoms with Crippen LogP contribution in [-0.4, -0.2) is 11.7 Å². The molecule has 2 nitrogen and oxygen atoms in total. The summed E-state index contributed by atoms with van der Waals surface area (Å²) in [5.74, 6) is 0.841. The molecule has 2 aromatic rings. The molecule has 0 radical (unpaired) electrons. The van der Waals surface area contributed by atoms with Crippen LogP contribution in [0.3, 0.4) is 0 Å². The predicted molar refractivity (Wildman–Crippen MR) is 82.3 cm³/mol. The molecule has 0 aromatic heterocycles. The zero-order valence-corrected chi connectivity index (χ0v) is 12.6. The molecule has 0 heterocycles. The van der Waals surface area contributed by atoms with E-state index in [0.717, 1.165) is 28.0 Å². The van der Waals surface area contributed by atoms with Gasteiger partial charge in [0.05, 0.1) is 0 Å². The summed E-state index contributed by atoms with van der Waals surface area (Å²) in [6.07, 6.45) is -0.601. The zero-order chi connectivity index (χ0) is 14.7. The quantitative estimate of drug-likeness (QED) is 0.908. The Morgan fingerprint density at radius 3 is 2.25 bits per heavy atom. The Morgan fingerprint density at radius 1 is 0.900 bits per heavy atom. The van der Waals surface area contributed by atoms with Gasteiger partial charge < -0.3 is 9.84 Å². The topological polar surface area (TPSA) is 29.5 Å². The molecule has 0 aliphatic heterocycles. The number of hydrogen-bond acceptors (Lipinski definition) is 2. The second-order valence-corrected chi connectivity index (χ2v) is 5.46. The Hall–Kier alpha value is -1.80. The number of ether oxygens (including phenoxy) is 1. The lowest BCUT2D eigenvalue weighted by molar-refractivity contribution is 0.107. The van der Waals surface area contributed by atoms with Gasteiger partial charge in [-0.1, -0.05) is 35.9 Å². The summed E-state index contributed by atoms with van der Waals surface area (Å²) in [5, 5.41) is 10.3. The Kier molecular flexibility index (Phi) is 4.46. The van der Waals surface area contributed by atoms with Crippen LogP contribution in [0.25, 0.3) is 0 Å². The monoisotopic (exact) mass is 270 g/mol. The third-order valence-corrected chi connectivity index (χ3v) is 3.52. The van der Waals surface area contributed by atoms with Gasteiger partial charge in [0.2, 0.25) is 0 Å². The Labute approximate surface area is 121 Å². The number of rotatable bonds is 4. The molecule has 1 N–H and O–H groups in total. The van der Waals surface area contributed by atoms with Crippen LogP contribution in [0, 0.1) is 27.7 Å². The largest absolute Gasteiger partial charge is 0.490 e. The van der Waals surface area contributed by atoms with E-state index in [0.29, 0.717) is 0 Å². The van der Waals surface area contributed by atoms with Gasteiger partial charge in [0.25, 0.3) is 0 Å². The van der Waals surface area contributed by atoms with Crippen molar-refractivity contribution in [3.63, 3.8) is 0 Å². The molecule has 0 aliphatic carbocycles. The van der Waals surface area contributed by atoms with Crippen LogP contribution in [-0.2, 0) is 0 Å². The van der Waals surface area contributed by atoms with Crippen LogP contribution in [0.5, 0.6) is 5.75 Å². The lowest BCUT2D eigenvalue weighted by Gasteiger charge is -2.16. The summed E-state index contributed by atoms with van der Waals surface area (Å²) in [5.41, 5.74) is 5.48. The van der Waals surface area contributed by atoms with Crippen molar-refractivity contribution in [3.05, 3.63) is 64.2 Å². The van der Waals surface area contributed by atoms with Gasteiger partial charge in [-0.25, -0.2) is 0 Å². The Morgan fingerprint density at radius 2 is 1.55 bits per heavy atom. The van der Waals surface area contributed by atoms with E-state index in [-0.39, 0.29) is 6.61 Å². The predicted octanol–water partition coefficient (Wildman–Crippen LogP) is 4.03. The number of aliphatic hydroxyl groups excluding tert-OH is 1. The van der Waals surface area contributed by atoms with E-state index in [2.05, 4.69) is 19.1 Å². The molecule has 0 aliphatic rings. The number of benzene rings is 2. The molecule has 1 atom stereocenters. The molecule has 0 fully saturated rings. The van der Waals surface area contributed by atoms with Gasteiger partial charge in [0, 0.05) is 0 Å². The number of aryl methyl sites for hydroxylation is 4. The normalized spacial score (nSPS) is 12.2. The lowest BCUT2D eigenvalue weighted by Crippen LogP contribution is -2.11. The number of aliphatic hydroxyl groups is 1. The third-order valence-electron chi connectivity index (χ3n) is 3.52. The fourth-order valence-corrected chi connectivity index (χ4v) is 2.32. The average molecular weight is 270 g/mol. The SMILES string of the molecule is Cc1ccc(C(O)COc2cc(C)ccc2C)c(C)c1. The highest BCUT2D eigenvalue weighted by Gasteiger charge is 2.12. The molecule has 0 amide bonds. The third kappa shape index (κ3) is 3.40. The fraction of sp³-hybridized carbons (Fsp3) is 0.333. The first kappa shape index (κ1) is 14.6. The molecule has 0 spiro atoms. The average Bonchev–Trinajstić information content (AvgIpc) is 2.39. The lowest BCUT2D eigenvalue weighted by atomic mass is 10.0. The molecular formula is C18H22O2. The first-order valence-corrected chi connectivity index (χ1v) is 6.92. The molecule has 1 unspecified atom stereocenters. The summed E-state index contributed by atoms with van der Waals surface area (Å²) in [7, 11) is 0. The molecule has 0 bridgehead atoms. The maximum Gasteiger partial charge on any atom is 0.122 e. The van der Waals surface area contributed by atoms with Crippen LogP contribution < -0.4 is 4.74 Å². The fourth-order valence-electron chi connectivity index (χ4n) is 2.32. The minimum absolute atomic E-state index is 0.272. The molecule has 2 rings (SSSR count). The molecule has 0 saturated carbocycles. The molecule has 0 saturated heterocycles. The van der Waals surface area contributed by atoms with Crippen LogP contribution in [0.1, 0.15) is 33.9 Å². The van der Waals surface area contributed by atoms with E-state index in [4.69, 9.17) is 4.74 Å². The van der Waals surface area contributed by atoms with Crippen molar-refractivity contribution in [2.45, 2.75) is 33.8 Å². The summed E-state index contributed by atoms with van der Waals surface area (Å²) in [6, 6.07) is 12.2. The first-order valence-electron chi connectivity index (χ1n) is 6.92.